The first-order valence-electron chi connectivity index (χ1n) is 8.44. The number of rotatable bonds is 4. The monoisotopic (exact) mass is 275 g/mol. The van der Waals surface area contributed by atoms with E-state index in [1.807, 2.05) is 0 Å². The zero-order valence-electron chi connectivity index (χ0n) is 13.0. The van der Waals surface area contributed by atoms with Gasteiger partial charge in [0, 0.05) is 0 Å². The Hall–Kier alpha value is -0.630. The van der Waals surface area contributed by atoms with Crippen molar-refractivity contribution in [3.05, 3.63) is 12.2 Å². The molecule has 112 valence electrons. The van der Waals surface area contributed by atoms with E-state index in [-0.39, 0.29) is 11.5 Å². The minimum atomic E-state index is -0.250. The van der Waals surface area contributed by atoms with Crippen LogP contribution >= 0.6 is 0 Å². The molecule has 0 aromatic heterocycles. The minimum absolute atomic E-state index is 0.129. The van der Waals surface area contributed by atoms with Crippen LogP contribution in [0.4, 0.5) is 0 Å². The molecule has 0 aliphatic heterocycles. The Morgan fingerprint density at radius 1 is 1.50 bits per heavy atom. The molecule has 3 rings (SSSR count). The summed E-state index contributed by atoms with van der Waals surface area (Å²) in [6.45, 7) is 8.97. The van der Waals surface area contributed by atoms with Crippen LogP contribution in [0.1, 0.15) is 52.4 Å². The molecule has 2 nitrogen and oxygen atoms in total. The van der Waals surface area contributed by atoms with Gasteiger partial charge in [0.15, 0.2) is 0 Å². The van der Waals surface area contributed by atoms with Crippen molar-refractivity contribution in [2.24, 2.45) is 40.7 Å². The lowest BCUT2D eigenvalue weighted by Crippen LogP contribution is -2.37. The first-order chi connectivity index (χ1) is 9.56. The molecule has 3 aliphatic carbocycles. The number of aldehydes is 1. The average Bonchev–Trinajstić information content (AvgIpc) is 2.94. The summed E-state index contributed by atoms with van der Waals surface area (Å²) in [4.78, 5) is 11.4. The zero-order chi connectivity index (χ0) is 14.5. The van der Waals surface area contributed by atoms with E-state index in [1.165, 1.54) is 24.8 Å². The van der Waals surface area contributed by atoms with Gasteiger partial charge >= 0.3 is 0 Å². The Bertz CT molecular complexity index is 418. The molecular weight excluding hydrogens is 246 g/mol. The van der Waals surface area contributed by atoms with E-state index in [0.29, 0.717) is 17.8 Å². The Kier molecular flexibility index (Phi) is 3.56. The number of carbonyl (C=O) groups is 1. The van der Waals surface area contributed by atoms with Crippen LogP contribution in [0.25, 0.3) is 0 Å². The Balaban J connectivity index is 1.91. The van der Waals surface area contributed by atoms with E-state index in [2.05, 4.69) is 20.4 Å². The van der Waals surface area contributed by atoms with E-state index in [1.54, 1.807) is 0 Å². The second-order valence-electron chi connectivity index (χ2n) is 7.70. The molecule has 0 radical (unpaired) electrons. The lowest BCUT2D eigenvalue weighted by molar-refractivity contribution is -0.110. The third-order valence-electron chi connectivity index (χ3n) is 6.70. The molecule has 20 heavy (non-hydrogen) atoms. The van der Waals surface area contributed by atoms with Crippen molar-refractivity contribution in [3.63, 3.8) is 0 Å². The van der Waals surface area contributed by atoms with E-state index in [9.17, 15) is 4.79 Å². The molecule has 0 spiro atoms. The van der Waals surface area contributed by atoms with Gasteiger partial charge in [-0.05, 0) is 67.1 Å². The summed E-state index contributed by atoms with van der Waals surface area (Å²) in [5.41, 5.74) is 7.88. The summed E-state index contributed by atoms with van der Waals surface area (Å²) in [5, 5.41) is 0. The lowest BCUT2D eigenvalue weighted by atomic mass is 9.78. The fourth-order valence-corrected chi connectivity index (χ4v) is 5.99. The molecule has 3 aliphatic rings. The maximum atomic E-state index is 11.4. The fraction of sp³-hybridized carbons (Fsp3) is 0.833. The molecule has 3 saturated carbocycles. The van der Waals surface area contributed by atoms with Crippen LogP contribution < -0.4 is 5.73 Å². The number of hydrogen-bond acceptors (Lipinski definition) is 2. The van der Waals surface area contributed by atoms with Crippen molar-refractivity contribution in [1.29, 1.82) is 0 Å². The Morgan fingerprint density at radius 3 is 2.90 bits per heavy atom. The highest BCUT2D eigenvalue weighted by Crippen LogP contribution is 2.73. The highest BCUT2D eigenvalue weighted by Gasteiger charge is 2.70. The van der Waals surface area contributed by atoms with Crippen LogP contribution in [0.3, 0.4) is 0 Å². The number of fused-ring (bicyclic) bond motifs is 3. The van der Waals surface area contributed by atoms with Gasteiger partial charge in [-0.2, -0.15) is 0 Å². The van der Waals surface area contributed by atoms with Crippen molar-refractivity contribution < 1.29 is 4.79 Å². The molecule has 0 aromatic carbocycles. The van der Waals surface area contributed by atoms with Gasteiger partial charge in [0.1, 0.15) is 6.29 Å². The normalized spacial score (nSPS) is 48.1. The summed E-state index contributed by atoms with van der Waals surface area (Å²) < 4.78 is 0. The van der Waals surface area contributed by atoms with Crippen molar-refractivity contribution >= 4 is 6.29 Å². The molecule has 0 bridgehead atoms. The number of carbonyl (C=O) groups excluding carboxylic acids is 1. The quantitative estimate of drug-likeness (QED) is 0.630. The maximum Gasteiger partial charge on any atom is 0.137 e. The maximum absolute atomic E-state index is 11.4. The Morgan fingerprint density at radius 2 is 2.25 bits per heavy atom. The molecule has 7 atom stereocenters. The summed E-state index contributed by atoms with van der Waals surface area (Å²) in [6.07, 6.45) is 8.30. The van der Waals surface area contributed by atoms with Crippen molar-refractivity contribution in [2.75, 3.05) is 0 Å². The van der Waals surface area contributed by atoms with Crippen LogP contribution in [0, 0.1) is 35.0 Å². The van der Waals surface area contributed by atoms with Crippen molar-refractivity contribution in [3.8, 4) is 0 Å². The molecule has 0 heterocycles. The van der Waals surface area contributed by atoms with Gasteiger partial charge in [-0.3, -0.25) is 0 Å². The van der Waals surface area contributed by atoms with Crippen LogP contribution in [0.5, 0.6) is 0 Å². The fourth-order valence-electron chi connectivity index (χ4n) is 5.99. The van der Waals surface area contributed by atoms with Crippen LogP contribution in [0.2, 0.25) is 0 Å². The minimum Gasteiger partial charge on any atom is -0.321 e. The van der Waals surface area contributed by atoms with Crippen LogP contribution in [-0.2, 0) is 4.79 Å². The lowest BCUT2D eigenvalue weighted by Gasteiger charge is -2.28. The molecule has 0 unspecified atom stereocenters. The molecule has 0 saturated heterocycles. The second-order valence-corrected chi connectivity index (χ2v) is 7.70. The smallest absolute Gasteiger partial charge is 0.137 e. The van der Waals surface area contributed by atoms with Gasteiger partial charge in [-0.25, -0.2) is 0 Å². The summed E-state index contributed by atoms with van der Waals surface area (Å²) in [5.74, 6) is 3.64. The van der Waals surface area contributed by atoms with Gasteiger partial charge in [0.2, 0.25) is 0 Å². The molecule has 3 fully saturated rings. The van der Waals surface area contributed by atoms with Gasteiger partial charge in [-0.15, -0.1) is 0 Å². The summed E-state index contributed by atoms with van der Waals surface area (Å²) in [7, 11) is 0. The van der Waals surface area contributed by atoms with Gasteiger partial charge < -0.3 is 10.5 Å². The number of hydrogen-bond donors (Lipinski definition) is 1. The Labute approximate surface area is 123 Å². The van der Waals surface area contributed by atoms with E-state index >= 15 is 0 Å². The predicted molar refractivity (Wildman–Crippen MR) is 82.1 cm³/mol. The summed E-state index contributed by atoms with van der Waals surface area (Å²) >= 11 is 0. The third-order valence-corrected chi connectivity index (χ3v) is 6.70. The topological polar surface area (TPSA) is 43.1 Å². The van der Waals surface area contributed by atoms with Crippen LogP contribution in [-0.4, -0.2) is 12.3 Å². The number of nitrogens with two attached hydrogens (primary N) is 1. The van der Waals surface area contributed by atoms with Gasteiger partial charge in [0.25, 0.3) is 0 Å². The van der Waals surface area contributed by atoms with Crippen LogP contribution in [0.15, 0.2) is 12.2 Å². The molecule has 0 aromatic rings. The molecular formula is C18H29NO. The van der Waals surface area contributed by atoms with E-state index < -0.39 is 0 Å². The average molecular weight is 275 g/mol. The zero-order valence-corrected chi connectivity index (χ0v) is 13.0. The molecule has 2 N–H and O–H groups in total. The van der Waals surface area contributed by atoms with Crippen molar-refractivity contribution in [1.82, 2.24) is 0 Å². The predicted octanol–water partition coefficient (Wildman–Crippen LogP) is 3.56. The van der Waals surface area contributed by atoms with Gasteiger partial charge in [0.05, 0.1) is 6.04 Å². The largest absolute Gasteiger partial charge is 0.321 e. The van der Waals surface area contributed by atoms with E-state index in [4.69, 9.17) is 5.73 Å². The SMILES string of the molecule is C=C1CC[C@@H]2[C@H]([C@@H]3C[C@@H](C)C[C@H]13)[C@@]2(CCC)[C@H](N)C=O. The first-order valence-corrected chi connectivity index (χ1v) is 8.44. The standard InChI is InChI=1S/C18H29NO/c1-4-7-18(16(19)10-20)15-6-5-12(3)13-8-11(2)9-14(13)17(15)18/h10-11,13-17H,3-9,19H2,1-2H3/t11-,13+,14+,15+,16+,17-,18+/m0/s1. The first kappa shape index (κ1) is 14.3. The second kappa shape index (κ2) is 4.98. The van der Waals surface area contributed by atoms with E-state index in [0.717, 1.165) is 37.4 Å². The highest BCUT2D eigenvalue weighted by molar-refractivity contribution is 5.61. The molecule has 0 amide bonds. The molecule has 2 heteroatoms. The highest BCUT2D eigenvalue weighted by atomic mass is 16.1. The van der Waals surface area contributed by atoms with Crippen molar-refractivity contribution in [2.45, 2.75) is 58.4 Å². The van der Waals surface area contributed by atoms with Gasteiger partial charge in [-0.1, -0.05) is 32.4 Å². The third kappa shape index (κ3) is 1.83. The number of allylic oxidation sites excluding steroid dienone is 1. The summed E-state index contributed by atoms with van der Waals surface area (Å²) in [6, 6.07) is -0.250.